The number of hydrogen-bond acceptors (Lipinski definition) is 3. The van der Waals surface area contributed by atoms with Crippen molar-refractivity contribution in [1.29, 1.82) is 0 Å². The summed E-state index contributed by atoms with van der Waals surface area (Å²) in [5.74, 6) is 0.988. The van der Waals surface area contributed by atoms with Crippen LogP contribution < -0.4 is 15.4 Å². The number of benzene rings is 2. The molecule has 5 nitrogen and oxygen atoms in total. The van der Waals surface area contributed by atoms with Gasteiger partial charge in [0.2, 0.25) is 11.8 Å². The maximum atomic E-state index is 12.5. The van der Waals surface area contributed by atoms with Crippen LogP contribution >= 0.6 is 0 Å². The molecule has 0 atom stereocenters. The van der Waals surface area contributed by atoms with E-state index < -0.39 is 0 Å². The molecule has 29 heavy (non-hydrogen) atoms. The molecule has 0 aromatic heterocycles. The Morgan fingerprint density at radius 1 is 0.793 bits per heavy atom. The van der Waals surface area contributed by atoms with Crippen LogP contribution in [0.15, 0.2) is 48.5 Å². The maximum Gasteiger partial charge on any atom is 0.223 e. The summed E-state index contributed by atoms with van der Waals surface area (Å²) in [6.45, 7) is 3.12. The number of aryl methyl sites for hydroxylation is 1. The molecule has 154 valence electrons. The average molecular weight is 395 g/mol. The molecule has 0 unspecified atom stereocenters. The van der Waals surface area contributed by atoms with Gasteiger partial charge in [0.1, 0.15) is 5.75 Å². The standard InChI is InChI=1S/C24H30N2O3/c1-17-3-5-18(6-4-17)15-25-23(27)20-9-11-21(12-10-20)24(28)26-16-19-7-13-22(29-2)14-8-19/h3-8,13-14,20-21H,9-12,15-16H2,1-2H3,(H,25,27)(H,26,28). The van der Waals surface area contributed by atoms with Crippen molar-refractivity contribution < 1.29 is 14.3 Å². The Hall–Kier alpha value is -2.82. The van der Waals surface area contributed by atoms with Gasteiger partial charge < -0.3 is 15.4 Å². The van der Waals surface area contributed by atoms with E-state index in [9.17, 15) is 9.59 Å². The van der Waals surface area contributed by atoms with Gasteiger partial charge in [-0.1, -0.05) is 42.0 Å². The minimum absolute atomic E-state index is 0.00519. The normalized spacial score (nSPS) is 18.7. The summed E-state index contributed by atoms with van der Waals surface area (Å²) < 4.78 is 5.15. The Labute approximate surface area is 172 Å². The van der Waals surface area contributed by atoms with Crippen LogP contribution in [-0.4, -0.2) is 18.9 Å². The second-order valence-corrected chi connectivity index (χ2v) is 7.82. The van der Waals surface area contributed by atoms with Crippen molar-refractivity contribution >= 4 is 11.8 Å². The molecular formula is C24H30N2O3. The van der Waals surface area contributed by atoms with Crippen LogP contribution in [0.5, 0.6) is 5.75 Å². The van der Waals surface area contributed by atoms with Crippen LogP contribution in [0.4, 0.5) is 0 Å². The first-order chi connectivity index (χ1) is 14.0. The van der Waals surface area contributed by atoms with E-state index in [2.05, 4.69) is 22.8 Å². The van der Waals surface area contributed by atoms with E-state index in [0.29, 0.717) is 13.1 Å². The highest BCUT2D eigenvalue weighted by atomic mass is 16.5. The van der Waals surface area contributed by atoms with Crippen molar-refractivity contribution in [3.8, 4) is 5.75 Å². The van der Waals surface area contributed by atoms with Crippen LogP contribution in [0.1, 0.15) is 42.4 Å². The fourth-order valence-corrected chi connectivity index (χ4v) is 3.73. The van der Waals surface area contributed by atoms with Crippen LogP contribution in [0, 0.1) is 18.8 Å². The molecular weight excluding hydrogens is 364 g/mol. The van der Waals surface area contributed by atoms with Crippen LogP contribution in [-0.2, 0) is 22.7 Å². The number of carbonyl (C=O) groups excluding carboxylic acids is 2. The molecule has 1 aliphatic rings. The van der Waals surface area contributed by atoms with Gasteiger partial charge >= 0.3 is 0 Å². The van der Waals surface area contributed by atoms with E-state index in [1.807, 2.05) is 43.3 Å². The molecule has 2 N–H and O–H groups in total. The summed E-state index contributed by atoms with van der Waals surface area (Å²) in [6, 6.07) is 15.9. The summed E-state index contributed by atoms with van der Waals surface area (Å²) in [4.78, 5) is 24.9. The lowest BCUT2D eigenvalue weighted by molar-refractivity contribution is -0.130. The van der Waals surface area contributed by atoms with E-state index in [0.717, 1.165) is 42.6 Å². The molecule has 1 saturated carbocycles. The molecule has 0 radical (unpaired) electrons. The Balaban J connectivity index is 1.38. The lowest BCUT2D eigenvalue weighted by atomic mass is 9.81. The van der Waals surface area contributed by atoms with Crippen molar-refractivity contribution in [1.82, 2.24) is 10.6 Å². The van der Waals surface area contributed by atoms with E-state index in [1.54, 1.807) is 7.11 Å². The molecule has 0 saturated heterocycles. The van der Waals surface area contributed by atoms with Crippen molar-refractivity contribution in [2.24, 2.45) is 11.8 Å². The molecule has 0 bridgehead atoms. The van der Waals surface area contributed by atoms with Gasteiger partial charge in [0.05, 0.1) is 7.11 Å². The summed E-state index contributed by atoms with van der Waals surface area (Å²) in [6.07, 6.45) is 3.05. The molecule has 1 fully saturated rings. The highest BCUT2D eigenvalue weighted by Gasteiger charge is 2.29. The number of carbonyl (C=O) groups is 2. The Morgan fingerprint density at radius 3 is 1.62 bits per heavy atom. The van der Waals surface area contributed by atoms with Gasteiger partial charge in [0.25, 0.3) is 0 Å². The van der Waals surface area contributed by atoms with E-state index >= 15 is 0 Å². The van der Waals surface area contributed by atoms with Gasteiger partial charge in [-0.3, -0.25) is 9.59 Å². The molecule has 5 heteroatoms. The molecule has 2 amide bonds. The first-order valence-corrected chi connectivity index (χ1v) is 10.3. The zero-order chi connectivity index (χ0) is 20.6. The highest BCUT2D eigenvalue weighted by Crippen LogP contribution is 2.29. The molecule has 3 rings (SSSR count). The van der Waals surface area contributed by atoms with E-state index in [-0.39, 0.29) is 23.7 Å². The van der Waals surface area contributed by atoms with Gasteiger partial charge in [-0.25, -0.2) is 0 Å². The van der Waals surface area contributed by atoms with Gasteiger partial charge in [-0.15, -0.1) is 0 Å². The second kappa shape index (κ2) is 10.1. The third-order valence-electron chi connectivity index (χ3n) is 5.68. The summed E-state index contributed by atoms with van der Waals surface area (Å²) in [5.41, 5.74) is 3.36. The topological polar surface area (TPSA) is 67.4 Å². The Kier molecular flexibility index (Phi) is 7.28. The lowest BCUT2D eigenvalue weighted by Crippen LogP contribution is -2.37. The first-order valence-electron chi connectivity index (χ1n) is 10.3. The zero-order valence-corrected chi connectivity index (χ0v) is 17.2. The second-order valence-electron chi connectivity index (χ2n) is 7.82. The third-order valence-corrected chi connectivity index (χ3v) is 5.68. The third kappa shape index (κ3) is 6.08. The minimum atomic E-state index is -0.00519. The lowest BCUT2D eigenvalue weighted by Gasteiger charge is -2.27. The predicted molar refractivity (Wildman–Crippen MR) is 113 cm³/mol. The number of hydrogen-bond donors (Lipinski definition) is 2. The molecule has 1 aliphatic carbocycles. The molecule has 2 aromatic carbocycles. The van der Waals surface area contributed by atoms with E-state index in [1.165, 1.54) is 5.56 Å². The van der Waals surface area contributed by atoms with Gasteiger partial charge in [-0.2, -0.15) is 0 Å². The number of amides is 2. The quantitative estimate of drug-likeness (QED) is 0.752. The maximum absolute atomic E-state index is 12.5. The fraction of sp³-hybridized carbons (Fsp3) is 0.417. The molecule has 0 aliphatic heterocycles. The van der Waals surface area contributed by atoms with Crippen LogP contribution in [0.2, 0.25) is 0 Å². The van der Waals surface area contributed by atoms with Crippen molar-refractivity contribution in [2.75, 3.05) is 7.11 Å². The number of nitrogens with one attached hydrogen (secondary N) is 2. The number of ether oxygens (including phenoxy) is 1. The summed E-state index contributed by atoms with van der Waals surface area (Å²) in [5, 5.41) is 6.06. The summed E-state index contributed by atoms with van der Waals surface area (Å²) in [7, 11) is 1.63. The first kappa shape index (κ1) is 20.9. The smallest absolute Gasteiger partial charge is 0.223 e. The largest absolute Gasteiger partial charge is 0.497 e. The minimum Gasteiger partial charge on any atom is -0.497 e. The SMILES string of the molecule is COc1ccc(CNC(=O)C2CCC(C(=O)NCc3ccc(C)cc3)CC2)cc1. The van der Waals surface area contributed by atoms with E-state index in [4.69, 9.17) is 4.74 Å². The van der Waals surface area contributed by atoms with Gasteiger partial charge in [0.15, 0.2) is 0 Å². The molecule has 2 aromatic rings. The van der Waals surface area contributed by atoms with Crippen LogP contribution in [0.3, 0.4) is 0 Å². The summed E-state index contributed by atoms with van der Waals surface area (Å²) >= 11 is 0. The molecule has 0 heterocycles. The zero-order valence-electron chi connectivity index (χ0n) is 17.2. The van der Waals surface area contributed by atoms with Gasteiger partial charge in [0, 0.05) is 24.9 Å². The Morgan fingerprint density at radius 2 is 1.21 bits per heavy atom. The fourth-order valence-electron chi connectivity index (χ4n) is 3.73. The van der Waals surface area contributed by atoms with Crippen molar-refractivity contribution in [3.05, 3.63) is 65.2 Å². The molecule has 0 spiro atoms. The Bertz CT molecular complexity index is 807. The van der Waals surface area contributed by atoms with Crippen LogP contribution in [0.25, 0.3) is 0 Å². The predicted octanol–water partition coefficient (Wildman–Crippen LogP) is 3.74. The highest BCUT2D eigenvalue weighted by molar-refractivity contribution is 5.81. The number of rotatable bonds is 7. The van der Waals surface area contributed by atoms with Crippen molar-refractivity contribution in [3.63, 3.8) is 0 Å². The van der Waals surface area contributed by atoms with Crippen molar-refractivity contribution in [2.45, 2.75) is 45.7 Å². The van der Waals surface area contributed by atoms with Gasteiger partial charge in [-0.05, 0) is 55.9 Å². The monoisotopic (exact) mass is 394 g/mol. The average Bonchev–Trinajstić information content (AvgIpc) is 2.77. The number of methoxy groups -OCH3 is 1.